The third-order valence-corrected chi connectivity index (χ3v) is 2.65. The summed E-state index contributed by atoms with van der Waals surface area (Å²) in [6, 6.07) is 0. The highest BCUT2D eigenvalue weighted by Crippen LogP contribution is 2.18. The lowest BCUT2D eigenvalue weighted by atomic mass is 10.1. The summed E-state index contributed by atoms with van der Waals surface area (Å²) >= 11 is 0. The lowest BCUT2D eigenvalue weighted by Crippen LogP contribution is -1.98. The standard InChI is InChI=1S/C11H21N3/c1-4-6-7-8-10-9(5-2)11(12)14(3)13-10/h4-8,12H2,1-3H3. The molecule has 14 heavy (non-hydrogen) atoms. The zero-order valence-electron chi connectivity index (χ0n) is 9.51. The molecular weight excluding hydrogens is 174 g/mol. The molecule has 1 aromatic rings. The minimum Gasteiger partial charge on any atom is -0.384 e. The van der Waals surface area contributed by atoms with Crippen molar-refractivity contribution in [3.63, 3.8) is 0 Å². The Labute approximate surface area is 86.3 Å². The van der Waals surface area contributed by atoms with Gasteiger partial charge in [-0.15, -0.1) is 0 Å². The predicted molar refractivity (Wildman–Crippen MR) is 60.2 cm³/mol. The number of aryl methyl sites for hydroxylation is 2. The molecule has 80 valence electrons. The normalized spacial score (nSPS) is 10.8. The van der Waals surface area contributed by atoms with E-state index in [1.165, 1.54) is 30.5 Å². The van der Waals surface area contributed by atoms with Gasteiger partial charge in [-0.05, 0) is 19.3 Å². The maximum atomic E-state index is 5.92. The zero-order chi connectivity index (χ0) is 10.6. The maximum absolute atomic E-state index is 5.92. The smallest absolute Gasteiger partial charge is 0.124 e. The molecular formula is C11H21N3. The molecule has 0 aliphatic heterocycles. The number of hydrogen-bond acceptors (Lipinski definition) is 2. The van der Waals surface area contributed by atoms with Crippen LogP contribution in [0, 0.1) is 0 Å². The Morgan fingerprint density at radius 1 is 1.29 bits per heavy atom. The molecule has 1 rings (SSSR count). The number of hydrogen-bond donors (Lipinski definition) is 1. The van der Waals surface area contributed by atoms with Gasteiger partial charge in [-0.1, -0.05) is 26.7 Å². The Bertz CT molecular complexity index is 289. The first kappa shape index (κ1) is 11.1. The van der Waals surface area contributed by atoms with E-state index in [1.54, 1.807) is 4.68 Å². The molecule has 0 aliphatic carbocycles. The van der Waals surface area contributed by atoms with E-state index in [2.05, 4.69) is 18.9 Å². The van der Waals surface area contributed by atoms with Crippen LogP contribution in [0.25, 0.3) is 0 Å². The van der Waals surface area contributed by atoms with Crippen LogP contribution in [0.3, 0.4) is 0 Å². The minimum atomic E-state index is 0.832. The van der Waals surface area contributed by atoms with E-state index in [4.69, 9.17) is 5.73 Å². The van der Waals surface area contributed by atoms with E-state index >= 15 is 0 Å². The molecule has 0 saturated heterocycles. The molecule has 0 aromatic carbocycles. The molecule has 0 atom stereocenters. The second-order valence-corrected chi connectivity index (χ2v) is 3.74. The van der Waals surface area contributed by atoms with Crippen LogP contribution in [0.1, 0.15) is 44.4 Å². The third-order valence-electron chi connectivity index (χ3n) is 2.65. The number of anilines is 1. The highest BCUT2D eigenvalue weighted by atomic mass is 15.3. The minimum absolute atomic E-state index is 0.832. The Morgan fingerprint density at radius 3 is 2.57 bits per heavy atom. The lowest BCUT2D eigenvalue weighted by Gasteiger charge is -1.99. The molecule has 3 heteroatoms. The second-order valence-electron chi connectivity index (χ2n) is 3.74. The van der Waals surface area contributed by atoms with Crippen LogP contribution in [0.5, 0.6) is 0 Å². The monoisotopic (exact) mass is 195 g/mol. The van der Waals surface area contributed by atoms with Crippen LogP contribution < -0.4 is 5.73 Å². The van der Waals surface area contributed by atoms with Crippen molar-refractivity contribution in [2.45, 2.75) is 46.0 Å². The summed E-state index contributed by atoms with van der Waals surface area (Å²) in [4.78, 5) is 0. The van der Waals surface area contributed by atoms with E-state index in [-0.39, 0.29) is 0 Å². The molecule has 0 unspecified atom stereocenters. The van der Waals surface area contributed by atoms with Crippen molar-refractivity contribution < 1.29 is 0 Å². The number of rotatable bonds is 5. The van der Waals surface area contributed by atoms with Gasteiger partial charge in [0.2, 0.25) is 0 Å². The van der Waals surface area contributed by atoms with Gasteiger partial charge in [-0.3, -0.25) is 4.68 Å². The first-order chi connectivity index (χ1) is 6.70. The average Bonchev–Trinajstić information content (AvgIpc) is 2.43. The van der Waals surface area contributed by atoms with Crippen molar-refractivity contribution in [1.29, 1.82) is 0 Å². The van der Waals surface area contributed by atoms with Crippen molar-refractivity contribution in [3.05, 3.63) is 11.3 Å². The predicted octanol–water partition coefficient (Wildman–Crippen LogP) is 2.30. The molecule has 2 N–H and O–H groups in total. The third kappa shape index (κ3) is 2.28. The van der Waals surface area contributed by atoms with Crippen molar-refractivity contribution in [3.8, 4) is 0 Å². The molecule has 1 heterocycles. The van der Waals surface area contributed by atoms with E-state index in [0.717, 1.165) is 18.7 Å². The van der Waals surface area contributed by atoms with Gasteiger partial charge in [0.25, 0.3) is 0 Å². The van der Waals surface area contributed by atoms with E-state index < -0.39 is 0 Å². The number of nitrogens with zero attached hydrogens (tertiary/aromatic N) is 2. The molecule has 0 fully saturated rings. The molecule has 0 amide bonds. The Morgan fingerprint density at radius 2 is 2.00 bits per heavy atom. The van der Waals surface area contributed by atoms with Crippen LogP contribution in [-0.4, -0.2) is 9.78 Å². The largest absolute Gasteiger partial charge is 0.384 e. The molecule has 0 spiro atoms. The van der Waals surface area contributed by atoms with E-state index in [0.29, 0.717) is 0 Å². The van der Waals surface area contributed by atoms with Gasteiger partial charge in [0.1, 0.15) is 5.82 Å². The van der Waals surface area contributed by atoms with Crippen molar-refractivity contribution in [2.24, 2.45) is 7.05 Å². The van der Waals surface area contributed by atoms with Gasteiger partial charge in [0.05, 0.1) is 5.69 Å². The van der Waals surface area contributed by atoms with Crippen LogP contribution in [0.4, 0.5) is 5.82 Å². The molecule has 0 aliphatic rings. The lowest BCUT2D eigenvalue weighted by molar-refractivity contribution is 0.682. The van der Waals surface area contributed by atoms with Crippen LogP contribution in [-0.2, 0) is 19.9 Å². The topological polar surface area (TPSA) is 43.8 Å². The van der Waals surface area contributed by atoms with Gasteiger partial charge in [-0.2, -0.15) is 5.10 Å². The van der Waals surface area contributed by atoms with Crippen molar-refractivity contribution >= 4 is 5.82 Å². The Balaban J connectivity index is 2.70. The Hall–Kier alpha value is -0.990. The van der Waals surface area contributed by atoms with Crippen molar-refractivity contribution in [1.82, 2.24) is 9.78 Å². The second kappa shape index (κ2) is 5.03. The van der Waals surface area contributed by atoms with E-state index in [1.807, 2.05) is 7.05 Å². The highest BCUT2D eigenvalue weighted by molar-refractivity contribution is 5.43. The SMILES string of the molecule is CCCCCc1nn(C)c(N)c1CC. The first-order valence-corrected chi connectivity index (χ1v) is 5.50. The van der Waals surface area contributed by atoms with Crippen LogP contribution >= 0.6 is 0 Å². The molecule has 0 bridgehead atoms. The Kier molecular flexibility index (Phi) is 3.98. The average molecular weight is 195 g/mol. The highest BCUT2D eigenvalue weighted by Gasteiger charge is 2.10. The summed E-state index contributed by atoms with van der Waals surface area (Å²) in [5, 5.41) is 4.44. The fourth-order valence-corrected chi connectivity index (χ4v) is 1.77. The molecule has 0 saturated carbocycles. The quantitative estimate of drug-likeness (QED) is 0.733. The summed E-state index contributed by atoms with van der Waals surface area (Å²) in [6.45, 7) is 4.35. The van der Waals surface area contributed by atoms with E-state index in [9.17, 15) is 0 Å². The number of unbranched alkanes of at least 4 members (excludes halogenated alkanes) is 2. The van der Waals surface area contributed by atoms with Crippen LogP contribution in [0.2, 0.25) is 0 Å². The van der Waals surface area contributed by atoms with Gasteiger partial charge in [0, 0.05) is 12.6 Å². The molecule has 1 aromatic heterocycles. The first-order valence-electron chi connectivity index (χ1n) is 5.50. The van der Waals surface area contributed by atoms with Gasteiger partial charge < -0.3 is 5.73 Å². The van der Waals surface area contributed by atoms with Crippen molar-refractivity contribution in [2.75, 3.05) is 5.73 Å². The molecule has 3 nitrogen and oxygen atoms in total. The number of nitrogens with two attached hydrogens (primary N) is 1. The summed E-state index contributed by atoms with van der Waals surface area (Å²) in [5.41, 5.74) is 8.35. The molecule has 0 radical (unpaired) electrons. The van der Waals surface area contributed by atoms with Gasteiger partial charge >= 0.3 is 0 Å². The van der Waals surface area contributed by atoms with Gasteiger partial charge in [-0.25, -0.2) is 0 Å². The summed E-state index contributed by atoms with van der Waals surface area (Å²) < 4.78 is 1.79. The maximum Gasteiger partial charge on any atom is 0.124 e. The fourth-order valence-electron chi connectivity index (χ4n) is 1.77. The van der Waals surface area contributed by atoms with Crippen LogP contribution in [0.15, 0.2) is 0 Å². The fraction of sp³-hybridized carbons (Fsp3) is 0.727. The summed E-state index contributed by atoms with van der Waals surface area (Å²) in [6.07, 6.45) is 5.81. The number of nitrogen functional groups attached to an aromatic ring is 1. The van der Waals surface area contributed by atoms with Gasteiger partial charge in [0.15, 0.2) is 0 Å². The number of aromatic nitrogens is 2. The zero-order valence-corrected chi connectivity index (χ0v) is 9.51. The summed E-state index contributed by atoms with van der Waals surface area (Å²) in [5.74, 6) is 0.832. The summed E-state index contributed by atoms with van der Waals surface area (Å²) in [7, 11) is 1.91.